The predicted molar refractivity (Wildman–Crippen MR) is 47.7 cm³/mol. The Kier molecular flexibility index (Phi) is 1.61. The summed E-state index contributed by atoms with van der Waals surface area (Å²) >= 11 is 0. The highest BCUT2D eigenvalue weighted by Gasteiger charge is 2.03. The van der Waals surface area contributed by atoms with Crippen LogP contribution in [0.4, 0.5) is 5.69 Å². The molecule has 2 aromatic heterocycles. The van der Waals surface area contributed by atoms with Gasteiger partial charge in [-0.15, -0.1) is 0 Å². The van der Waals surface area contributed by atoms with Gasteiger partial charge in [-0.1, -0.05) is 0 Å². The van der Waals surface area contributed by atoms with Crippen molar-refractivity contribution in [2.45, 2.75) is 0 Å². The Morgan fingerprint density at radius 2 is 2.31 bits per heavy atom. The first-order chi connectivity index (χ1) is 6.36. The smallest absolute Gasteiger partial charge is 0.142 e. The van der Waals surface area contributed by atoms with E-state index in [4.69, 9.17) is 11.1 Å². The van der Waals surface area contributed by atoms with Crippen LogP contribution in [0, 0.1) is 11.3 Å². The van der Waals surface area contributed by atoms with Crippen molar-refractivity contribution in [3.63, 3.8) is 0 Å². The zero-order chi connectivity index (χ0) is 9.26. The monoisotopic (exact) mass is 173 g/mol. The van der Waals surface area contributed by atoms with Gasteiger partial charge in [-0.25, -0.2) is 4.52 Å². The number of nitriles is 1. The van der Waals surface area contributed by atoms with Crippen LogP contribution in [0.1, 0.15) is 5.69 Å². The minimum Gasteiger partial charge on any atom is -0.322 e. The van der Waals surface area contributed by atoms with Crippen molar-refractivity contribution in [1.29, 1.82) is 5.26 Å². The average Bonchev–Trinajstić information content (AvgIpc) is 2.64. The van der Waals surface area contributed by atoms with E-state index >= 15 is 0 Å². The molecule has 5 nitrogen and oxygen atoms in total. The van der Waals surface area contributed by atoms with Crippen molar-refractivity contribution in [2.75, 3.05) is 5.43 Å². The van der Waals surface area contributed by atoms with E-state index in [0.717, 1.165) is 11.2 Å². The van der Waals surface area contributed by atoms with Gasteiger partial charge >= 0.3 is 0 Å². The summed E-state index contributed by atoms with van der Waals surface area (Å²) < 4.78 is 1.54. The van der Waals surface area contributed by atoms with Crippen LogP contribution in [0.15, 0.2) is 24.4 Å². The third-order valence-corrected chi connectivity index (χ3v) is 1.82. The molecule has 5 heteroatoms. The molecule has 0 aliphatic heterocycles. The lowest BCUT2D eigenvalue weighted by Crippen LogP contribution is -2.08. The van der Waals surface area contributed by atoms with Gasteiger partial charge in [0.05, 0.1) is 17.4 Å². The lowest BCUT2D eigenvalue weighted by atomic mass is 10.3. The zero-order valence-electron chi connectivity index (χ0n) is 6.73. The maximum atomic E-state index is 8.76. The number of hydrogen-bond acceptors (Lipinski definition) is 4. The number of pyridine rings is 1. The summed E-state index contributed by atoms with van der Waals surface area (Å²) in [7, 11) is 0. The van der Waals surface area contributed by atoms with Gasteiger partial charge in [0.15, 0.2) is 0 Å². The van der Waals surface area contributed by atoms with Crippen molar-refractivity contribution in [3.8, 4) is 6.07 Å². The van der Waals surface area contributed by atoms with Crippen LogP contribution in [0.25, 0.3) is 5.52 Å². The topological polar surface area (TPSA) is 79.1 Å². The molecule has 3 N–H and O–H groups in total. The second kappa shape index (κ2) is 2.77. The zero-order valence-corrected chi connectivity index (χ0v) is 6.73. The Morgan fingerprint density at radius 1 is 1.46 bits per heavy atom. The number of fused-ring (bicyclic) bond motifs is 1. The fourth-order valence-corrected chi connectivity index (χ4v) is 1.22. The Morgan fingerprint density at radius 3 is 3.00 bits per heavy atom. The molecule has 2 rings (SSSR count). The second-order valence-corrected chi connectivity index (χ2v) is 2.52. The van der Waals surface area contributed by atoms with Gasteiger partial charge in [-0.3, -0.25) is 5.84 Å². The van der Waals surface area contributed by atoms with Crippen LogP contribution < -0.4 is 11.3 Å². The molecule has 64 valence electrons. The fraction of sp³-hybridized carbons (Fsp3) is 0. The number of hydrazine groups is 1. The van der Waals surface area contributed by atoms with E-state index in [1.807, 2.05) is 6.07 Å². The molecule has 0 spiro atoms. The number of nitrogen functional groups attached to an aromatic ring is 1. The summed E-state index contributed by atoms with van der Waals surface area (Å²) in [5.41, 5.74) is 4.56. The van der Waals surface area contributed by atoms with Crippen LogP contribution in [-0.4, -0.2) is 9.61 Å². The number of nitrogens with two attached hydrogens (primary N) is 1. The lowest BCUT2D eigenvalue weighted by molar-refractivity contribution is 0.941. The summed E-state index contributed by atoms with van der Waals surface area (Å²) in [5.74, 6) is 5.29. The van der Waals surface area contributed by atoms with Crippen molar-refractivity contribution in [1.82, 2.24) is 9.61 Å². The van der Waals surface area contributed by atoms with Crippen LogP contribution in [0.3, 0.4) is 0 Å². The summed E-state index contributed by atoms with van der Waals surface area (Å²) in [6, 6.07) is 7.23. The molecule has 0 amide bonds. The second-order valence-electron chi connectivity index (χ2n) is 2.52. The van der Waals surface area contributed by atoms with Gasteiger partial charge in [0.2, 0.25) is 0 Å². The average molecular weight is 173 g/mol. The molecule has 0 saturated heterocycles. The molecule has 2 aromatic rings. The molecule has 0 radical (unpaired) electrons. The van der Waals surface area contributed by atoms with Crippen LogP contribution in [0.2, 0.25) is 0 Å². The van der Waals surface area contributed by atoms with Crippen LogP contribution >= 0.6 is 0 Å². The number of hydrogen-bond donors (Lipinski definition) is 2. The van der Waals surface area contributed by atoms with Crippen molar-refractivity contribution < 1.29 is 0 Å². The molecule has 0 saturated carbocycles. The summed E-state index contributed by atoms with van der Waals surface area (Å²) in [5, 5.41) is 12.8. The number of nitrogens with zero attached hydrogens (tertiary/aromatic N) is 3. The summed E-state index contributed by atoms with van der Waals surface area (Å²) in [6.45, 7) is 0. The number of nitrogens with one attached hydrogen (secondary N) is 1. The number of rotatable bonds is 1. The maximum absolute atomic E-state index is 8.76. The van der Waals surface area contributed by atoms with E-state index < -0.39 is 0 Å². The highest BCUT2D eigenvalue weighted by Crippen LogP contribution is 2.16. The number of aromatic nitrogens is 2. The molecule has 0 aliphatic rings. The SMILES string of the molecule is N#Cc1ccc(NN)c2ccnn12. The predicted octanol–water partition coefficient (Wildman–Crippen LogP) is 0.492. The van der Waals surface area contributed by atoms with Crippen LogP contribution in [0.5, 0.6) is 0 Å². The first kappa shape index (κ1) is 7.58. The standard InChI is InChI=1S/C8H7N5/c9-5-6-1-2-7(12-10)8-3-4-11-13(6)8/h1-4,12H,10H2. The third kappa shape index (κ3) is 1.01. The van der Waals surface area contributed by atoms with Gasteiger partial charge in [-0.2, -0.15) is 10.4 Å². The van der Waals surface area contributed by atoms with Gasteiger partial charge in [0.25, 0.3) is 0 Å². The van der Waals surface area contributed by atoms with Crippen molar-refractivity contribution >= 4 is 11.2 Å². The summed E-state index contributed by atoms with van der Waals surface area (Å²) in [6.07, 6.45) is 1.62. The molecule has 0 fully saturated rings. The van der Waals surface area contributed by atoms with E-state index in [-0.39, 0.29) is 0 Å². The molecular formula is C8H7N5. The Bertz CT molecular complexity index is 479. The quantitative estimate of drug-likeness (QED) is 0.486. The lowest BCUT2D eigenvalue weighted by Gasteiger charge is -2.02. The van der Waals surface area contributed by atoms with E-state index in [1.165, 1.54) is 4.52 Å². The maximum Gasteiger partial charge on any atom is 0.142 e. The fourth-order valence-electron chi connectivity index (χ4n) is 1.22. The molecule has 2 heterocycles. The first-order valence-electron chi connectivity index (χ1n) is 3.70. The van der Waals surface area contributed by atoms with E-state index in [9.17, 15) is 0 Å². The number of anilines is 1. The van der Waals surface area contributed by atoms with Crippen molar-refractivity contribution in [2.24, 2.45) is 5.84 Å². The molecule has 0 bridgehead atoms. The van der Waals surface area contributed by atoms with Gasteiger partial charge < -0.3 is 5.43 Å². The molecule has 0 aliphatic carbocycles. The van der Waals surface area contributed by atoms with E-state index in [1.54, 1.807) is 24.4 Å². The highest BCUT2D eigenvalue weighted by atomic mass is 15.3. The summed E-state index contributed by atoms with van der Waals surface area (Å²) in [4.78, 5) is 0. The first-order valence-corrected chi connectivity index (χ1v) is 3.70. The third-order valence-electron chi connectivity index (χ3n) is 1.82. The molecular weight excluding hydrogens is 166 g/mol. The van der Waals surface area contributed by atoms with E-state index in [2.05, 4.69) is 10.5 Å². The largest absolute Gasteiger partial charge is 0.322 e. The van der Waals surface area contributed by atoms with Gasteiger partial charge in [-0.05, 0) is 18.2 Å². The minimum atomic E-state index is 0.485. The normalized spacial score (nSPS) is 9.85. The molecule has 0 aromatic carbocycles. The molecule has 0 unspecified atom stereocenters. The molecule has 13 heavy (non-hydrogen) atoms. The van der Waals surface area contributed by atoms with Crippen LogP contribution in [-0.2, 0) is 0 Å². The highest BCUT2D eigenvalue weighted by molar-refractivity contribution is 5.71. The minimum absolute atomic E-state index is 0.485. The Balaban J connectivity index is 2.83. The molecule has 0 atom stereocenters. The van der Waals surface area contributed by atoms with E-state index in [0.29, 0.717) is 5.69 Å². The van der Waals surface area contributed by atoms with Gasteiger partial charge in [0.1, 0.15) is 11.8 Å². The Hall–Kier alpha value is -2.06. The Labute approximate surface area is 74.4 Å². The van der Waals surface area contributed by atoms with Crippen molar-refractivity contribution in [3.05, 3.63) is 30.1 Å². The van der Waals surface area contributed by atoms with Gasteiger partial charge in [0, 0.05) is 0 Å².